The van der Waals surface area contributed by atoms with Gasteiger partial charge in [-0.2, -0.15) is 0 Å². The molecule has 4 nitrogen and oxygen atoms in total. The molecule has 0 saturated heterocycles. The van der Waals surface area contributed by atoms with E-state index in [-0.39, 0.29) is 5.41 Å². The third-order valence-corrected chi connectivity index (χ3v) is 7.41. The third kappa shape index (κ3) is 4.28. The summed E-state index contributed by atoms with van der Waals surface area (Å²) in [6, 6.07) is 1.78. The summed E-state index contributed by atoms with van der Waals surface area (Å²) >= 11 is 1.31. The van der Waals surface area contributed by atoms with Crippen LogP contribution in [0.1, 0.15) is 51.5 Å². The lowest BCUT2D eigenvalue weighted by Crippen LogP contribution is -2.35. The minimum Gasteiger partial charge on any atom is -0.313 e. The molecule has 0 aromatic carbocycles. The molecule has 2 rings (SSSR count). The zero-order valence-corrected chi connectivity index (χ0v) is 14.6. The Morgan fingerprint density at radius 3 is 2.62 bits per heavy atom. The van der Waals surface area contributed by atoms with E-state index >= 15 is 0 Å². The Labute approximate surface area is 132 Å². The maximum absolute atomic E-state index is 12.4. The molecule has 0 amide bonds. The van der Waals surface area contributed by atoms with Gasteiger partial charge < -0.3 is 5.32 Å². The Hall–Kier alpha value is -0.430. The molecule has 0 unspecified atom stereocenters. The SMILES string of the molecule is CCNCc1csc(S(=O)(=O)NCC2(CC)CCCC2)c1. The Balaban J connectivity index is 1.99. The van der Waals surface area contributed by atoms with Crippen molar-refractivity contribution in [3.63, 3.8) is 0 Å². The zero-order chi connectivity index (χ0) is 15.3. The number of sulfonamides is 1. The van der Waals surface area contributed by atoms with Gasteiger partial charge in [-0.15, -0.1) is 11.3 Å². The van der Waals surface area contributed by atoms with Gasteiger partial charge >= 0.3 is 0 Å². The van der Waals surface area contributed by atoms with E-state index in [1.54, 1.807) is 6.07 Å². The molecule has 2 N–H and O–H groups in total. The number of rotatable bonds is 8. The van der Waals surface area contributed by atoms with Crippen LogP contribution in [0.5, 0.6) is 0 Å². The second-order valence-electron chi connectivity index (χ2n) is 5.94. The van der Waals surface area contributed by atoms with Gasteiger partial charge in [-0.3, -0.25) is 0 Å². The highest BCUT2D eigenvalue weighted by Crippen LogP contribution is 2.40. The van der Waals surface area contributed by atoms with Gasteiger partial charge in [-0.05, 0) is 48.2 Å². The second kappa shape index (κ2) is 7.22. The van der Waals surface area contributed by atoms with Gasteiger partial charge in [0.1, 0.15) is 4.21 Å². The highest BCUT2D eigenvalue weighted by molar-refractivity contribution is 7.91. The number of hydrogen-bond acceptors (Lipinski definition) is 4. The van der Waals surface area contributed by atoms with Crippen LogP contribution in [0, 0.1) is 5.41 Å². The van der Waals surface area contributed by atoms with E-state index in [4.69, 9.17) is 0 Å². The van der Waals surface area contributed by atoms with Crippen molar-refractivity contribution in [2.24, 2.45) is 5.41 Å². The minimum absolute atomic E-state index is 0.178. The molecule has 1 fully saturated rings. The van der Waals surface area contributed by atoms with E-state index in [0.29, 0.717) is 10.8 Å². The van der Waals surface area contributed by atoms with Crippen LogP contribution in [0.3, 0.4) is 0 Å². The molecule has 1 saturated carbocycles. The first kappa shape index (κ1) is 16.9. The van der Waals surface area contributed by atoms with Gasteiger partial charge in [0, 0.05) is 13.1 Å². The van der Waals surface area contributed by atoms with Crippen LogP contribution < -0.4 is 10.0 Å². The van der Waals surface area contributed by atoms with Crippen molar-refractivity contribution in [1.82, 2.24) is 10.0 Å². The van der Waals surface area contributed by atoms with Crippen molar-refractivity contribution < 1.29 is 8.42 Å². The van der Waals surface area contributed by atoms with Crippen molar-refractivity contribution >= 4 is 21.4 Å². The van der Waals surface area contributed by atoms with Gasteiger partial charge in [0.15, 0.2) is 0 Å². The molecule has 0 spiro atoms. The van der Waals surface area contributed by atoms with Crippen LogP contribution in [0.2, 0.25) is 0 Å². The monoisotopic (exact) mass is 330 g/mol. The summed E-state index contributed by atoms with van der Waals surface area (Å²) in [5.41, 5.74) is 1.21. The molecular weight excluding hydrogens is 304 g/mol. The molecule has 1 aromatic heterocycles. The maximum atomic E-state index is 12.4. The van der Waals surface area contributed by atoms with Crippen molar-refractivity contribution in [2.45, 2.75) is 56.7 Å². The second-order valence-corrected chi connectivity index (χ2v) is 8.84. The lowest BCUT2D eigenvalue weighted by molar-refractivity contribution is 0.286. The normalized spacial score (nSPS) is 18.2. The first-order chi connectivity index (χ1) is 10.0. The van der Waals surface area contributed by atoms with Crippen molar-refractivity contribution in [1.29, 1.82) is 0 Å². The summed E-state index contributed by atoms with van der Waals surface area (Å²) in [5, 5.41) is 5.13. The fraction of sp³-hybridized carbons (Fsp3) is 0.733. The van der Waals surface area contributed by atoms with E-state index in [9.17, 15) is 8.42 Å². The Morgan fingerprint density at radius 1 is 1.29 bits per heavy atom. The van der Waals surface area contributed by atoms with Crippen LogP contribution in [0.4, 0.5) is 0 Å². The molecule has 120 valence electrons. The molecule has 0 atom stereocenters. The van der Waals surface area contributed by atoms with Crippen LogP contribution in [0.15, 0.2) is 15.7 Å². The van der Waals surface area contributed by atoms with Gasteiger partial charge in [-0.25, -0.2) is 13.1 Å². The van der Waals surface area contributed by atoms with Crippen LogP contribution >= 0.6 is 11.3 Å². The Morgan fingerprint density at radius 2 is 2.00 bits per heavy atom. The van der Waals surface area contributed by atoms with Crippen LogP contribution in [-0.2, 0) is 16.6 Å². The number of hydrogen-bond donors (Lipinski definition) is 2. The van der Waals surface area contributed by atoms with Crippen LogP contribution in [0.25, 0.3) is 0 Å². The van der Waals surface area contributed by atoms with E-state index in [2.05, 4.69) is 17.0 Å². The largest absolute Gasteiger partial charge is 0.313 e. The van der Waals surface area contributed by atoms with Gasteiger partial charge in [-0.1, -0.05) is 26.7 Å². The predicted octanol–water partition coefficient (Wildman–Crippen LogP) is 3.11. The van der Waals surface area contributed by atoms with Gasteiger partial charge in [0.25, 0.3) is 0 Å². The van der Waals surface area contributed by atoms with Crippen molar-refractivity contribution in [3.05, 3.63) is 17.0 Å². The Kier molecular flexibility index (Phi) is 5.82. The summed E-state index contributed by atoms with van der Waals surface area (Å²) in [4.78, 5) is 0. The average Bonchev–Trinajstić information content (AvgIpc) is 3.13. The summed E-state index contributed by atoms with van der Waals surface area (Å²) in [6.45, 7) is 6.39. The Bertz CT molecular complexity index is 546. The number of nitrogens with one attached hydrogen (secondary N) is 2. The van der Waals surface area contributed by atoms with E-state index in [1.165, 1.54) is 24.2 Å². The molecular formula is C15H26N2O2S2. The molecule has 1 aliphatic carbocycles. The topological polar surface area (TPSA) is 58.2 Å². The third-order valence-electron chi connectivity index (χ3n) is 4.53. The lowest BCUT2D eigenvalue weighted by atomic mass is 9.84. The quantitative estimate of drug-likeness (QED) is 0.770. The average molecular weight is 331 g/mol. The van der Waals surface area contributed by atoms with Crippen molar-refractivity contribution in [2.75, 3.05) is 13.1 Å². The smallest absolute Gasteiger partial charge is 0.250 e. The fourth-order valence-electron chi connectivity index (χ4n) is 2.96. The predicted molar refractivity (Wildman–Crippen MR) is 88.1 cm³/mol. The highest BCUT2D eigenvalue weighted by Gasteiger charge is 2.33. The van der Waals surface area contributed by atoms with Crippen LogP contribution in [-0.4, -0.2) is 21.5 Å². The first-order valence-electron chi connectivity index (χ1n) is 7.79. The summed E-state index contributed by atoms with van der Waals surface area (Å²) in [5.74, 6) is 0. The molecule has 0 aliphatic heterocycles. The molecule has 6 heteroatoms. The standard InChI is InChI=1S/C15H26N2O2S2/c1-3-15(7-5-6-8-15)12-17-21(18,19)14-9-13(11-20-14)10-16-4-2/h9,11,16-17H,3-8,10,12H2,1-2H3. The first-order valence-corrected chi connectivity index (χ1v) is 10.2. The molecule has 0 bridgehead atoms. The molecule has 1 aromatic rings. The highest BCUT2D eigenvalue weighted by atomic mass is 32.2. The minimum atomic E-state index is -3.36. The van der Waals surface area contributed by atoms with Gasteiger partial charge in [0.2, 0.25) is 10.0 Å². The zero-order valence-electron chi connectivity index (χ0n) is 12.9. The molecule has 1 aliphatic rings. The lowest BCUT2D eigenvalue weighted by Gasteiger charge is -2.27. The fourth-order valence-corrected chi connectivity index (χ4v) is 5.37. The van der Waals surface area contributed by atoms with Gasteiger partial charge in [0.05, 0.1) is 0 Å². The number of thiophene rings is 1. The molecule has 21 heavy (non-hydrogen) atoms. The molecule has 0 radical (unpaired) electrons. The summed E-state index contributed by atoms with van der Waals surface area (Å²) < 4.78 is 28.1. The summed E-state index contributed by atoms with van der Waals surface area (Å²) in [6.07, 6.45) is 5.78. The van der Waals surface area contributed by atoms with Crippen molar-refractivity contribution in [3.8, 4) is 0 Å². The van der Waals surface area contributed by atoms with E-state index in [0.717, 1.165) is 37.9 Å². The maximum Gasteiger partial charge on any atom is 0.250 e. The van der Waals surface area contributed by atoms with E-state index < -0.39 is 10.0 Å². The summed E-state index contributed by atoms with van der Waals surface area (Å²) in [7, 11) is -3.36. The van der Waals surface area contributed by atoms with E-state index in [1.807, 2.05) is 12.3 Å². The molecule has 1 heterocycles.